The number of nitrogens with one attached hydrogen (secondary N) is 4. The number of aromatic amines is 1. The molecule has 0 saturated carbocycles. The quantitative estimate of drug-likeness (QED) is 0.0613. The van der Waals surface area contributed by atoms with Crippen LogP contribution in [-0.4, -0.2) is 76.9 Å². The van der Waals surface area contributed by atoms with E-state index in [1.165, 1.54) is 0 Å². The van der Waals surface area contributed by atoms with Crippen LogP contribution in [0.3, 0.4) is 0 Å². The molecule has 15 nitrogen and oxygen atoms in total. The van der Waals surface area contributed by atoms with Crippen LogP contribution in [0.15, 0.2) is 35.5 Å². The van der Waals surface area contributed by atoms with Crippen molar-refractivity contribution in [3.63, 3.8) is 0 Å². The van der Waals surface area contributed by atoms with Gasteiger partial charge in [-0.15, -0.1) is 0 Å². The SMILES string of the molecule is NC(=O)CCC(NC(=O)C(N)CCCN=C(N)N)C(=O)NC(Cc1c[nH]c2ccccc12)C(=O)NCC(=O)O. The second kappa shape index (κ2) is 14.9. The van der Waals surface area contributed by atoms with Crippen molar-refractivity contribution < 1.29 is 29.1 Å². The maximum Gasteiger partial charge on any atom is 0.322 e. The molecule has 0 aliphatic carbocycles. The van der Waals surface area contributed by atoms with Crippen LogP contribution in [-0.2, 0) is 30.4 Å². The number of aliphatic carboxylic acids is 1. The van der Waals surface area contributed by atoms with E-state index in [0.29, 0.717) is 12.0 Å². The lowest BCUT2D eigenvalue weighted by atomic mass is 10.0. The van der Waals surface area contributed by atoms with Gasteiger partial charge in [-0.3, -0.25) is 29.0 Å². The monoisotopic (exact) mass is 545 g/mol. The number of rotatable bonds is 16. The summed E-state index contributed by atoms with van der Waals surface area (Å²) in [7, 11) is 0. The number of para-hydroxylation sites is 1. The highest BCUT2D eigenvalue weighted by molar-refractivity contribution is 5.94. The molecule has 1 aromatic heterocycles. The number of carboxylic acid groups (broad SMARTS) is 1. The Labute approximate surface area is 224 Å². The fourth-order valence-corrected chi connectivity index (χ4v) is 3.77. The Morgan fingerprint density at radius 2 is 1.64 bits per heavy atom. The van der Waals surface area contributed by atoms with E-state index < -0.39 is 54.3 Å². The van der Waals surface area contributed by atoms with E-state index in [4.69, 9.17) is 28.0 Å². The highest BCUT2D eigenvalue weighted by Gasteiger charge is 2.29. The zero-order valence-electron chi connectivity index (χ0n) is 21.3. The summed E-state index contributed by atoms with van der Waals surface area (Å²) in [6.45, 7) is -0.397. The van der Waals surface area contributed by atoms with Gasteiger partial charge in [0, 0.05) is 36.5 Å². The molecular weight excluding hydrogens is 510 g/mol. The molecule has 3 unspecified atom stereocenters. The molecule has 15 heteroatoms. The highest BCUT2D eigenvalue weighted by Crippen LogP contribution is 2.19. The van der Waals surface area contributed by atoms with Crippen molar-refractivity contribution in [2.45, 2.75) is 50.2 Å². The number of fused-ring (bicyclic) bond motifs is 1. The maximum atomic E-state index is 13.2. The summed E-state index contributed by atoms with van der Waals surface area (Å²) in [6, 6.07) is 3.88. The number of amides is 4. The highest BCUT2D eigenvalue weighted by atomic mass is 16.4. The summed E-state index contributed by atoms with van der Waals surface area (Å²) in [6.07, 6.45) is 1.94. The van der Waals surface area contributed by atoms with Gasteiger partial charge in [0.05, 0.1) is 6.04 Å². The molecule has 1 heterocycles. The molecule has 0 spiro atoms. The van der Waals surface area contributed by atoms with Crippen LogP contribution in [0.2, 0.25) is 0 Å². The zero-order chi connectivity index (χ0) is 28.9. The second-order valence-electron chi connectivity index (χ2n) is 8.86. The summed E-state index contributed by atoms with van der Waals surface area (Å²) in [5, 5.41) is 17.1. The van der Waals surface area contributed by atoms with E-state index in [1.54, 1.807) is 6.20 Å². The van der Waals surface area contributed by atoms with Crippen molar-refractivity contribution in [1.29, 1.82) is 0 Å². The number of primary amides is 1. The first-order valence-corrected chi connectivity index (χ1v) is 12.2. The Kier molecular flexibility index (Phi) is 11.7. The third kappa shape index (κ3) is 10.3. The summed E-state index contributed by atoms with van der Waals surface area (Å²) >= 11 is 0. The van der Waals surface area contributed by atoms with Gasteiger partial charge in [-0.2, -0.15) is 0 Å². The van der Waals surface area contributed by atoms with Gasteiger partial charge in [0.1, 0.15) is 18.6 Å². The summed E-state index contributed by atoms with van der Waals surface area (Å²) < 4.78 is 0. The fraction of sp³-hybridized carbons (Fsp3) is 0.417. The number of aliphatic imine (C=N–C) groups is 1. The van der Waals surface area contributed by atoms with Crippen molar-refractivity contribution >= 4 is 46.5 Å². The van der Waals surface area contributed by atoms with Gasteiger partial charge in [-0.05, 0) is 30.9 Å². The Hall–Kier alpha value is -4.66. The fourth-order valence-electron chi connectivity index (χ4n) is 3.77. The summed E-state index contributed by atoms with van der Waals surface area (Å²) in [5.74, 6) is -4.22. The molecule has 2 rings (SSSR count). The summed E-state index contributed by atoms with van der Waals surface area (Å²) in [4.78, 5) is 68.0. The lowest BCUT2D eigenvalue weighted by molar-refractivity contribution is -0.138. The average Bonchev–Trinajstić information content (AvgIpc) is 3.29. The van der Waals surface area contributed by atoms with E-state index in [-0.39, 0.29) is 38.2 Å². The van der Waals surface area contributed by atoms with Gasteiger partial charge < -0.3 is 49.0 Å². The van der Waals surface area contributed by atoms with Crippen molar-refractivity contribution in [3.8, 4) is 0 Å². The van der Waals surface area contributed by atoms with Gasteiger partial charge in [-0.25, -0.2) is 0 Å². The standard InChI is InChI=1S/C24H35N9O6/c25-15(5-3-9-29-24(27)28)21(37)32-17(7-8-19(26)34)23(39)33-18(22(38)31-12-20(35)36)10-13-11-30-16-6-2-1-4-14(13)16/h1-2,4,6,11,15,17-18,30H,3,5,7-10,12,25H2,(H2,26,34)(H,31,38)(H,32,37)(H,33,39)(H,35,36)(H4,27,28,29). The van der Waals surface area contributed by atoms with Gasteiger partial charge >= 0.3 is 5.97 Å². The normalized spacial score (nSPS) is 13.1. The molecule has 3 atom stereocenters. The predicted octanol–water partition coefficient (Wildman–Crippen LogP) is -2.47. The first kappa shape index (κ1) is 30.6. The third-order valence-electron chi connectivity index (χ3n) is 5.76. The van der Waals surface area contributed by atoms with E-state index in [0.717, 1.165) is 10.9 Å². The van der Waals surface area contributed by atoms with Crippen LogP contribution in [0.5, 0.6) is 0 Å². The van der Waals surface area contributed by atoms with Gasteiger partial charge in [0.25, 0.3) is 0 Å². The van der Waals surface area contributed by atoms with Gasteiger partial charge in [0.15, 0.2) is 5.96 Å². The molecule has 0 fully saturated rings. The third-order valence-corrected chi connectivity index (χ3v) is 5.76. The Bertz CT molecular complexity index is 1210. The molecular formula is C24H35N9O6. The smallest absolute Gasteiger partial charge is 0.322 e. The first-order valence-electron chi connectivity index (χ1n) is 12.2. The van der Waals surface area contributed by atoms with E-state index >= 15 is 0 Å². The minimum Gasteiger partial charge on any atom is -0.480 e. The molecule has 0 radical (unpaired) electrons. The van der Waals surface area contributed by atoms with E-state index in [9.17, 15) is 24.0 Å². The molecule has 0 aliphatic rings. The van der Waals surface area contributed by atoms with Crippen LogP contribution in [0.25, 0.3) is 10.9 Å². The van der Waals surface area contributed by atoms with Gasteiger partial charge in [0.2, 0.25) is 23.6 Å². The van der Waals surface area contributed by atoms with E-state index in [1.807, 2.05) is 24.3 Å². The molecule has 4 amide bonds. The molecule has 0 aliphatic heterocycles. The van der Waals surface area contributed by atoms with Crippen LogP contribution in [0.1, 0.15) is 31.2 Å². The molecule has 0 saturated heterocycles. The molecule has 0 bridgehead atoms. The number of benzene rings is 1. The van der Waals surface area contributed by atoms with Crippen LogP contribution < -0.4 is 38.9 Å². The number of carboxylic acids is 1. The number of aromatic nitrogens is 1. The number of H-pyrrole nitrogens is 1. The van der Waals surface area contributed by atoms with Crippen LogP contribution in [0, 0.1) is 0 Å². The van der Waals surface area contributed by atoms with E-state index in [2.05, 4.69) is 25.9 Å². The molecule has 212 valence electrons. The largest absolute Gasteiger partial charge is 0.480 e. The molecule has 1 aromatic carbocycles. The number of hydrogen-bond donors (Lipinski definition) is 9. The topological polar surface area (TPSA) is 274 Å². The predicted molar refractivity (Wildman–Crippen MR) is 143 cm³/mol. The first-order chi connectivity index (χ1) is 18.5. The molecule has 13 N–H and O–H groups in total. The second-order valence-corrected chi connectivity index (χ2v) is 8.86. The minimum absolute atomic E-state index is 0.0159. The maximum absolute atomic E-state index is 13.2. The van der Waals surface area contributed by atoms with Crippen molar-refractivity contribution in [1.82, 2.24) is 20.9 Å². The minimum atomic E-state index is -1.26. The lowest BCUT2D eigenvalue weighted by Gasteiger charge is -2.24. The number of carbonyl (C=O) groups excluding carboxylic acids is 4. The van der Waals surface area contributed by atoms with Crippen molar-refractivity contribution in [2.75, 3.05) is 13.1 Å². The van der Waals surface area contributed by atoms with Crippen LogP contribution in [0.4, 0.5) is 0 Å². The van der Waals surface area contributed by atoms with Crippen molar-refractivity contribution in [3.05, 3.63) is 36.0 Å². The number of carbonyl (C=O) groups is 5. The number of guanidine groups is 1. The number of hydrogen-bond acceptors (Lipinski definition) is 7. The zero-order valence-corrected chi connectivity index (χ0v) is 21.3. The Morgan fingerprint density at radius 3 is 2.31 bits per heavy atom. The molecule has 2 aromatic rings. The Morgan fingerprint density at radius 1 is 0.949 bits per heavy atom. The average molecular weight is 546 g/mol. The number of nitrogens with two attached hydrogens (primary N) is 4. The number of nitrogens with zero attached hydrogens (tertiary/aromatic N) is 1. The molecule has 39 heavy (non-hydrogen) atoms. The van der Waals surface area contributed by atoms with Gasteiger partial charge in [-0.1, -0.05) is 18.2 Å². The van der Waals surface area contributed by atoms with Crippen LogP contribution >= 0.6 is 0 Å². The van der Waals surface area contributed by atoms with Crippen molar-refractivity contribution in [2.24, 2.45) is 27.9 Å². The Balaban J connectivity index is 2.18. The lowest BCUT2D eigenvalue weighted by Crippen LogP contribution is -2.56. The summed E-state index contributed by atoms with van der Waals surface area (Å²) in [5.41, 5.74) is 23.2.